The van der Waals surface area contributed by atoms with E-state index in [2.05, 4.69) is 34.4 Å². The van der Waals surface area contributed by atoms with Gasteiger partial charge >= 0.3 is 0 Å². The Balaban J connectivity index is 1.54. The normalized spacial score (nSPS) is 17.7. The number of amidine groups is 2. The minimum atomic E-state index is -0.412. The summed E-state index contributed by atoms with van der Waals surface area (Å²) in [6, 6.07) is 18.3. The maximum atomic E-state index is 12.7. The van der Waals surface area contributed by atoms with Crippen molar-refractivity contribution in [1.29, 1.82) is 5.41 Å². The number of amides is 1. The Labute approximate surface area is 178 Å². The molecule has 0 radical (unpaired) electrons. The smallest absolute Gasteiger partial charge is 0.283 e. The molecule has 1 N–H and O–H groups in total. The van der Waals surface area contributed by atoms with Gasteiger partial charge in [-0.25, -0.2) is 0 Å². The average molecular weight is 414 g/mol. The number of nitrogens with zero attached hydrogens (tertiary/aromatic N) is 4. The van der Waals surface area contributed by atoms with Crippen LogP contribution in [0.5, 0.6) is 0 Å². The van der Waals surface area contributed by atoms with Crippen LogP contribution in [0.4, 0.5) is 0 Å². The topological polar surface area (TPSA) is 73.8 Å². The Bertz CT molecular complexity index is 1300. The number of carbonyl (C=O) groups excluding carboxylic acids is 1. The number of aromatic nitrogens is 1. The number of hydrazone groups is 1. The largest absolute Gasteiger partial charge is 0.317 e. The highest BCUT2D eigenvalue weighted by molar-refractivity contribution is 8.27. The molecule has 3 heterocycles. The molecule has 2 aromatic carbocycles. The highest BCUT2D eigenvalue weighted by Gasteiger charge is 2.36. The van der Waals surface area contributed by atoms with Crippen LogP contribution in [0.1, 0.15) is 19.5 Å². The summed E-state index contributed by atoms with van der Waals surface area (Å²) < 4.78 is 2.00. The van der Waals surface area contributed by atoms with E-state index >= 15 is 0 Å². The molecule has 0 saturated carbocycles. The van der Waals surface area contributed by atoms with Gasteiger partial charge in [0.2, 0.25) is 5.17 Å². The van der Waals surface area contributed by atoms with E-state index in [4.69, 9.17) is 5.41 Å². The van der Waals surface area contributed by atoms with Gasteiger partial charge in [-0.1, -0.05) is 44.2 Å². The molecule has 148 valence electrons. The summed E-state index contributed by atoms with van der Waals surface area (Å²) in [5.74, 6) is -0.145. The second-order valence-electron chi connectivity index (χ2n) is 7.45. The number of aliphatic imine (C=N–C) groups is 1. The lowest BCUT2D eigenvalue weighted by Crippen LogP contribution is -2.35. The first-order valence-electron chi connectivity index (χ1n) is 9.68. The van der Waals surface area contributed by atoms with Gasteiger partial charge in [-0.15, -0.1) is 0 Å². The highest BCUT2D eigenvalue weighted by atomic mass is 32.2. The monoisotopic (exact) mass is 413 g/mol. The Morgan fingerprint density at radius 1 is 1.07 bits per heavy atom. The molecular weight excluding hydrogens is 394 g/mol. The van der Waals surface area contributed by atoms with Crippen LogP contribution >= 0.6 is 11.8 Å². The Morgan fingerprint density at radius 3 is 2.67 bits per heavy atom. The number of hydrogen-bond donors (Lipinski definition) is 1. The SMILES string of the molecule is CC(C)C1=NN2C(=N)/C(=C\c3cccn3-c3ccc4ccccc4c3)C(=O)N=C2S1. The third-order valence-corrected chi connectivity index (χ3v) is 6.26. The number of fused-ring (bicyclic) bond motifs is 2. The molecular formula is C23H19N5OS. The molecule has 0 unspecified atom stereocenters. The number of hydrogen-bond acceptors (Lipinski definition) is 4. The van der Waals surface area contributed by atoms with Crippen LogP contribution in [0.25, 0.3) is 22.5 Å². The molecule has 3 aromatic rings. The number of benzene rings is 2. The molecule has 0 saturated heterocycles. The summed E-state index contributed by atoms with van der Waals surface area (Å²) in [7, 11) is 0. The average Bonchev–Trinajstić information content (AvgIpc) is 3.38. The highest BCUT2D eigenvalue weighted by Crippen LogP contribution is 2.31. The first-order chi connectivity index (χ1) is 14.5. The zero-order chi connectivity index (χ0) is 20.8. The van der Waals surface area contributed by atoms with Gasteiger partial charge in [0, 0.05) is 23.5 Å². The van der Waals surface area contributed by atoms with Crippen molar-refractivity contribution in [3.8, 4) is 5.69 Å². The molecule has 30 heavy (non-hydrogen) atoms. The Hall–Kier alpha value is -3.45. The summed E-state index contributed by atoms with van der Waals surface area (Å²) in [6.45, 7) is 4.06. The van der Waals surface area contributed by atoms with Gasteiger partial charge in [0.1, 0.15) is 5.04 Å². The zero-order valence-corrected chi connectivity index (χ0v) is 17.4. The summed E-state index contributed by atoms with van der Waals surface area (Å²) in [4.78, 5) is 16.8. The second-order valence-corrected chi connectivity index (χ2v) is 8.44. The molecule has 0 spiro atoms. The van der Waals surface area contributed by atoms with Crippen molar-refractivity contribution in [2.24, 2.45) is 16.0 Å². The molecule has 0 aliphatic carbocycles. The van der Waals surface area contributed by atoms with Gasteiger partial charge in [0.25, 0.3) is 5.91 Å². The van der Waals surface area contributed by atoms with E-state index in [0.29, 0.717) is 5.17 Å². The lowest BCUT2D eigenvalue weighted by molar-refractivity contribution is -0.114. The van der Waals surface area contributed by atoms with Crippen molar-refractivity contribution in [3.63, 3.8) is 0 Å². The fraction of sp³-hybridized carbons (Fsp3) is 0.130. The van der Waals surface area contributed by atoms with E-state index < -0.39 is 5.91 Å². The van der Waals surface area contributed by atoms with Crippen molar-refractivity contribution in [2.75, 3.05) is 0 Å². The maximum Gasteiger partial charge on any atom is 0.283 e. The van der Waals surface area contributed by atoms with Crippen LogP contribution in [0.2, 0.25) is 0 Å². The Kier molecular flexibility index (Phi) is 4.40. The molecule has 0 atom stereocenters. The molecule has 1 aromatic heterocycles. The van der Waals surface area contributed by atoms with Gasteiger partial charge in [0.05, 0.1) is 5.57 Å². The zero-order valence-electron chi connectivity index (χ0n) is 16.5. The molecule has 1 amide bonds. The molecule has 7 heteroatoms. The molecule has 2 aliphatic heterocycles. The van der Waals surface area contributed by atoms with Crippen molar-refractivity contribution >= 4 is 50.6 Å². The van der Waals surface area contributed by atoms with Crippen molar-refractivity contribution in [1.82, 2.24) is 9.58 Å². The van der Waals surface area contributed by atoms with Crippen LogP contribution in [0, 0.1) is 11.3 Å². The first kappa shape index (κ1) is 18.6. The van der Waals surface area contributed by atoms with Gasteiger partial charge in [-0.2, -0.15) is 15.1 Å². The molecule has 6 nitrogen and oxygen atoms in total. The third-order valence-electron chi connectivity index (χ3n) is 5.05. The second kappa shape index (κ2) is 7.11. The van der Waals surface area contributed by atoms with Crippen LogP contribution in [0.3, 0.4) is 0 Å². The first-order valence-corrected chi connectivity index (χ1v) is 10.5. The fourth-order valence-electron chi connectivity index (χ4n) is 3.46. The maximum absolute atomic E-state index is 12.7. The van der Waals surface area contributed by atoms with E-state index in [-0.39, 0.29) is 17.3 Å². The lowest BCUT2D eigenvalue weighted by Gasteiger charge is -2.20. The minimum absolute atomic E-state index is 0.0550. The van der Waals surface area contributed by atoms with Gasteiger partial charge in [0.15, 0.2) is 5.84 Å². The fourth-order valence-corrected chi connectivity index (χ4v) is 4.35. The summed E-state index contributed by atoms with van der Waals surface area (Å²) >= 11 is 1.35. The van der Waals surface area contributed by atoms with Crippen LogP contribution in [-0.2, 0) is 4.79 Å². The summed E-state index contributed by atoms with van der Waals surface area (Å²) in [5, 5.41) is 18.1. The van der Waals surface area contributed by atoms with Crippen molar-refractivity contribution in [3.05, 3.63) is 72.1 Å². The molecule has 0 fully saturated rings. The molecule has 5 rings (SSSR count). The standard InChI is InChI=1S/C23H19N5OS/c1-14(2)22-26-28-20(24)19(21(29)25-23(28)30-22)13-17-8-5-11-27(17)18-10-9-15-6-3-4-7-16(15)12-18/h3-14,24H,1-2H3/b19-13+,24-20?. The quantitative estimate of drug-likeness (QED) is 0.620. The summed E-state index contributed by atoms with van der Waals surface area (Å²) in [6.07, 6.45) is 3.66. The number of nitrogens with one attached hydrogen (secondary N) is 1. The van der Waals surface area contributed by atoms with E-state index in [9.17, 15) is 4.79 Å². The lowest BCUT2D eigenvalue weighted by atomic mass is 10.1. The van der Waals surface area contributed by atoms with E-state index in [1.54, 1.807) is 6.08 Å². The van der Waals surface area contributed by atoms with Crippen LogP contribution in [0.15, 0.2) is 76.5 Å². The van der Waals surface area contributed by atoms with E-state index in [1.807, 2.05) is 54.9 Å². The third kappa shape index (κ3) is 3.07. The van der Waals surface area contributed by atoms with E-state index in [0.717, 1.165) is 21.8 Å². The molecule has 2 aliphatic rings. The van der Waals surface area contributed by atoms with Gasteiger partial charge in [-0.3, -0.25) is 10.2 Å². The number of thioether (sulfide) groups is 1. The predicted octanol–water partition coefficient (Wildman–Crippen LogP) is 4.91. The van der Waals surface area contributed by atoms with Crippen molar-refractivity contribution in [2.45, 2.75) is 13.8 Å². The van der Waals surface area contributed by atoms with E-state index in [1.165, 1.54) is 22.2 Å². The van der Waals surface area contributed by atoms with Gasteiger partial charge < -0.3 is 4.57 Å². The summed E-state index contributed by atoms with van der Waals surface area (Å²) in [5.41, 5.74) is 2.02. The van der Waals surface area contributed by atoms with Crippen LogP contribution in [-0.4, -0.2) is 31.5 Å². The number of rotatable bonds is 3. The van der Waals surface area contributed by atoms with Crippen molar-refractivity contribution < 1.29 is 4.79 Å². The Morgan fingerprint density at radius 2 is 1.87 bits per heavy atom. The van der Waals surface area contributed by atoms with Crippen LogP contribution < -0.4 is 0 Å². The predicted molar refractivity (Wildman–Crippen MR) is 123 cm³/mol. The molecule has 0 bridgehead atoms. The van der Waals surface area contributed by atoms with Gasteiger partial charge in [-0.05, 0) is 52.9 Å². The minimum Gasteiger partial charge on any atom is -0.317 e. The number of carbonyl (C=O) groups is 1.